The van der Waals surface area contributed by atoms with Crippen molar-refractivity contribution in [2.45, 2.75) is 90.8 Å². The van der Waals surface area contributed by atoms with E-state index < -0.39 is 6.04 Å². The fourth-order valence-corrected chi connectivity index (χ4v) is 10.8. The van der Waals surface area contributed by atoms with Gasteiger partial charge in [-0.05, 0) is 118 Å². The third-order valence-electron chi connectivity index (χ3n) is 14.2. The number of amides is 4. The summed E-state index contributed by atoms with van der Waals surface area (Å²) in [6.07, 6.45) is 6.69. The fraction of sp³-hybridized carbons (Fsp3) is 0.521. The molecule has 4 aromatic rings. The molecule has 1 spiro atoms. The molecule has 0 radical (unpaired) electrons. The highest BCUT2D eigenvalue weighted by atomic mass is 35.5. The Balaban J connectivity index is 0.779. The number of halogens is 1. The second-order valence-corrected chi connectivity index (χ2v) is 19.6. The average molecular weight is 908 g/mol. The molecular formula is C48H59ClN10O6. The summed E-state index contributed by atoms with van der Waals surface area (Å²) in [6.45, 7) is 15.4. The second-order valence-electron chi connectivity index (χ2n) is 19.2. The monoisotopic (exact) mass is 906 g/mol. The van der Waals surface area contributed by atoms with Gasteiger partial charge < -0.3 is 39.5 Å². The fourth-order valence-electron chi connectivity index (χ4n) is 10.7. The number of benzene rings is 2. The number of ether oxygens (including phenoxy) is 1. The van der Waals surface area contributed by atoms with Crippen LogP contribution in [0.4, 0.5) is 23.1 Å². The predicted molar refractivity (Wildman–Crippen MR) is 250 cm³/mol. The lowest BCUT2D eigenvalue weighted by Gasteiger charge is -2.56. The molecule has 0 bridgehead atoms. The first-order valence-corrected chi connectivity index (χ1v) is 23.4. The van der Waals surface area contributed by atoms with Crippen molar-refractivity contribution in [2.75, 3.05) is 74.6 Å². The Hall–Kier alpha value is -5.74. The van der Waals surface area contributed by atoms with Crippen LogP contribution in [0.15, 0.2) is 47.4 Å². The number of hydrogen-bond donors (Lipinski definition) is 3. The van der Waals surface area contributed by atoms with Gasteiger partial charge in [0.05, 0.1) is 11.7 Å². The average Bonchev–Trinajstić information content (AvgIpc) is 3.60. The maximum atomic E-state index is 13.5. The van der Waals surface area contributed by atoms with Crippen LogP contribution in [0.25, 0.3) is 10.9 Å². The number of fused-ring (bicyclic) bond motifs is 2. The van der Waals surface area contributed by atoms with Gasteiger partial charge in [0.25, 0.3) is 17.4 Å². The van der Waals surface area contributed by atoms with E-state index in [1.807, 2.05) is 38.1 Å². The molecule has 2 aromatic heterocycles. The van der Waals surface area contributed by atoms with Crippen LogP contribution in [0.3, 0.4) is 0 Å². The lowest BCUT2D eigenvalue weighted by molar-refractivity contribution is -0.137. The number of imide groups is 1. The van der Waals surface area contributed by atoms with Crippen LogP contribution in [-0.4, -0.2) is 113 Å². The van der Waals surface area contributed by atoms with Gasteiger partial charge in [0, 0.05) is 86.5 Å². The molecule has 0 saturated carbocycles. The molecule has 344 valence electrons. The lowest BCUT2D eigenvalue weighted by Crippen LogP contribution is -2.61. The smallest absolute Gasteiger partial charge is 0.293 e. The van der Waals surface area contributed by atoms with E-state index in [9.17, 15) is 24.0 Å². The molecule has 0 aliphatic carbocycles. The maximum Gasteiger partial charge on any atom is 0.293 e. The Morgan fingerprint density at radius 1 is 0.969 bits per heavy atom. The van der Waals surface area contributed by atoms with Gasteiger partial charge >= 0.3 is 0 Å². The highest BCUT2D eigenvalue weighted by molar-refractivity contribution is 6.33. The number of nitrogens with zero attached hydrogens (tertiary/aromatic N) is 7. The molecule has 4 fully saturated rings. The highest BCUT2D eigenvalue weighted by Gasteiger charge is 2.47. The quantitative estimate of drug-likeness (QED) is 0.151. The molecule has 3 N–H and O–H groups in total. The zero-order chi connectivity index (χ0) is 45.7. The van der Waals surface area contributed by atoms with Crippen LogP contribution in [0.2, 0.25) is 5.02 Å². The number of carbonyl (C=O) groups is 4. The number of nitrogens with one attached hydrogen (secondary N) is 3. The number of pyridine rings is 1. The van der Waals surface area contributed by atoms with Gasteiger partial charge in [-0.1, -0.05) is 25.4 Å². The van der Waals surface area contributed by atoms with Crippen LogP contribution < -0.4 is 36.0 Å². The molecule has 17 heteroatoms. The maximum absolute atomic E-state index is 13.5. The Labute approximate surface area is 384 Å². The Bertz CT molecular complexity index is 2590. The van der Waals surface area contributed by atoms with E-state index in [-0.39, 0.29) is 59.9 Å². The minimum absolute atomic E-state index is 0.101. The summed E-state index contributed by atoms with van der Waals surface area (Å²) in [6, 6.07) is 10.7. The zero-order valence-electron chi connectivity index (χ0n) is 37.9. The molecule has 2 aromatic carbocycles. The summed E-state index contributed by atoms with van der Waals surface area (Å²) in [5.74, 6) is 0.933. The molecule has 4 saturated heterocycles. The topological polar surface area (TPSA) is 174 Å². The largest absolute Gasteiger partial charge is 0.478 e. The van der Waals surface area contributed by atoms with Crippen LogP contribution >= 0.6 is 11.6 Å². The van der Waals surface area contributed by atoms with Gasteiger partial charge in [0.2, 0.25) is 17.8 Å². The predicted octanol–water partition coefficient (Wildman–Crippen LogP) is 5.60. The molecule has 65 heavy (non-hydrogen) atoms. The van der Waals surface area contributed by atoms with Crippen LogP contribution in [-0.2, 0) is 20.9 Å². The van der Waals surface area contributed by atoms with Crippen molar-refractivity contribution in [3.63, 3.8) is 0 Å². The molecule has 4 amide bonds. The standard InChI is InChI=1S/C48H59ClN10O6/c1-28(2)42-34-24-58(38-10-11-40(60)53-44(38)62)45(63)33(34)7-9-37(42)57-26-48(27-57)14-18-55(19-15-48)23-30-12-16-56(17-13-30)47-51-22-35(49)43(54-47)52-32-6-8-36-31(20-32)21-39(65-25-41(61)50-5)46(64)59(36)29(3)4/h6-9,20-22,28-30,38H,10-19,23-27H2,1-5H3,(H,50,61)(H,51,52,54)(H,53,60,62). The second kappa shape index (κ2) is 17.9. The molecular weight excluding hydrogens is 848 g/mol. The van der Waals surface area contributed by atoms with Crippen molar-refractivity contribution in [3.05, 3.63) is 74.7 Å². The molecule has 1 atom stereocenters. The number of hydrogen-bond acceptors (Lipinski definition) is 12. The van der Waals surface area contributed by atoms with Gasteiger partial charge in [0.15, 0.2) is 18.2 Å². The van der Waals surface area contributed by atoms with Crippen LogP contribution in [0, 0.1) is 11.3 Å². The van der Waals surface area contributed by atoms with Gasteiger partial charge in [-0.25, -0.2) is 4.98 Å². The highest BCUT2D eigenvalue weighted by Crippen LogP contribution is 2.47. The molecule has 7 heterocycles. The Morgan fingerprint density at radius 2 is 1.72 bits per heavy atom. The minimum atomic E-state index is -0.616. The van der Waals surface area contributed by atoms with Gasteiger partial charge in [-0.3, -0.25) is 29.3 Å². The molecule has 16 nitrogen and oxygen atoms in total. The summed E-state index contributed by atoms with van der Waals surface area (Å²) < 4.78 is 7.29. The number of likely N-dealkylation sites (tertiary alicyclic amines) is 1. The number of likely N-dealkylation sites (N-methyl/N-ethyl adjacent to an activating group) is 1. The van der Waals surface area contributed by atoms with E-state index >= 15 is 0 Å². The molecule has 1 unspecified atom stereocenters. The Morgan fingerprint density at radius 3 is 2.42 bits per heavy atom. The minimum Gasteiger partial charge on any atom is -0.478 e. The van der Waals surface area contributed by atoms with Crippen molar-refractivity contribution in [3.8, 4) is 5.75 Å². The van der Waals surface area contributed by atoms with E-state index in [0.29, 0.717) is 46.7 Å². The lowest BCUT2D eigenvalue weighted by atomic mass is 9.71. The van der Waals surface area contributed by atoms with Crippen molar-refractivity contribution in [2.24, 2.45) is 11.3 Å². The van der Waals surface area contributed by atoms with Gasteiger partial charge in [-0.15, -0.1) is 0 Å². The van der Waals surface area contributed by atoms with E-state index in [1.54, 1.807) is 21.7 Å². The number of anilines is 4. The Kier molecular flexibility index (Phi) is 12.3. The SMILES string of the molecule is CNC(=O)COc1cc2cc(Nc3nc(N4CCC(CN5CCC6(CC5)CN(c5ccc7c(c5C(C)C)CN(C5CCC(=O)NC5=O)C7=O)C6)CC4)ncc3Cl)ccc2n(C(C)C)c1=O. The van der Waals surface area contributed by atoms with Crippen molar-refractivity contribution in [1.82, 2.24) is 35.0 Å². The van der Waals surface area contributed by atoms with E-state index in [1.165, 1.54) is 31.1 Å². The van der Waals surface area contributed by atoms with Crippen molar-refractivity contribution < 1.29 is 23.9 Å². The zero-order valence-corrected chi connectivity index (χ0v) is 38.7. The summed E-state index contributed by atoms with van der Waals surface area (Å²) >= 11 is 6.64. The van der Waals surface area contributed by atoms with Crippen LogP contribution in [0.5, 0.6) is 5.75 Å². The van der Waals surface area contributed by atoms with E-state index in [4.69, 9.17) is 21.3 Å². The summed E-state index contributed by atoms with van der Waals surface area (Å²) in [7, 11) is 1.52. The summed E-state index contributed by atoms with van der Waals surface area (Å²) in [5.41, 5.74) is 5.59. The third-order valence-corrected chi connectivity index (χ3v) is 14.5. The first-order chi connectivity index (χ1) is 31.2. The van der Waals surface area contributed by atoms with E-state index in [2.05, 4.69) is 55.5 Å². The number of carbonyl (C=O) groups excluding carboxylic acids is 4. The summed E-state index contributed by atoms with van der Waals surface area (Å²) in [5, 5.41) is 9.45. The first kappa shape index (κ1) is 44.5. The molecule has 9 rings (SSSR count). The first-order valence-electron chi connectivity index (χ1n) is 23.1. The molecule has 5 aliphatic rings. The van der Waals surface area contributed by atoms with E-state index in [0.717, 1.165) is 80.8 Å². The normalized spacial score (nSPS) is 20.2. The molecule has 5 aliphatic heterocycles. The van der Waals surface area contributed by atoms with Gasteiger partial charge in [0.1, 0.15) is 11.1 Å². The van der Waals surface area contributed by atoms with Crippen molar-refractivity contribution in [1.29, 1.82) is 0 Å². The third kappa shape index (κ3) is 8.74. The van der Waals surface area contributed by atoms with Crippen LogP contribution in [0.1, 0.15) is 99.7 Å². The number of piperidine rings is 3. The van der Waals surface area contributed by atoms with Gasteiger partial charge in [-0.2, -0.15) is 4.98 Å². The number of aromatic nitrogens is 3. The van der Waals surface area contributed by atoms with Crippen molar-refractivity contribution >= 4 is 69.3 Å². The number of rotatable bonds is 12. The summed E-state index contributed by atoms with van der Waals surface area (Å²) in [4.78, 5) is 81.7.